The number of hydrogen-bond donors (Lipinski definition) is 3. The van der Waals surface area contributed by atoms with Gasteiger partial charge < -0.3 is 20.4 Å². The lowest BCUT2D eigenvalue weighted by molar-refractivity contribution is -0.133. The van der Waals surface area contributed by atoms with Crippen molar-refractivity contribution in [3.05, 3.63) is 0 Å². The lowest BCUT2D eigenvalue weighted by Crippen LogP contribution is -2.37. The van der Waals surface area contributed by atoms with E-state index in [1.807, 2.05) is 7.05 Å². The fourth-order valence-corrected chi connectivity index (χ4v) is 2.09. The van der Waals surface area contributed by atoms with E-state index in [0.717, 1.165) is 19.4 Å². The number of likely N-dealkylation sites (tertiary alicyclic amines) is 1. The van der Waals surface area contributed by atoms with Crippen LogP contribution >= 0.6 is 0 Å². The standard InChI is InChI=1S/C11H22N2O3/c1-12-5-3-2-4-11(16)13-7-10(15)6-9(13)8-14/h9-10,12,14-15H,2-8H2,1H3/t9-,10+/m0/s1. The highest BCUT2D eigenvalue weighted by Crippen LogP contribution is 2.18. The quantitative estimate of drug-likeness (QED) is 0.529. The normalized spacial score (nSPS) is 25.1. The van der Waals surface area contributed by atoms with E-state index in [4.69, 9.17) is 5.11 Å². The van der Waals surface area contributed by atoms with Gasteiger partial charge in [-0.3, -0.25) is 4.79 Å². The molecule has 94 valence electrons. The zero-order chi connectivity index (χ0) is 12.0. The van der Waals surface area contributed by atoms with E-state index in [9.17, 15) is 9.90 Å². The molecule has 5 nitrogen and oxygen atoms in total. The van der Waals surface area contributed by atoms with Gasteiger partial charge in [0.25, 0.3) is 0 Å². The lowest BCUT2D eigenvalue weighted by Gasteiger charge is -2.22. The number of carbonyl (C=O) groups is 1. The maximum atomic E-state index is 11.8. The van der Waals surface area contributed by atoms with Gasteiger partial charge in [0.1, 0.15) is 0 Å². The van der Waals surface area contributed by atoms with Crippen molar-refractivity contribution < 1.29 is 15.0 Å². The molecule has 0 radical (unpaired) electrons. The van der Waals surface area contributed by atoms with E-state index in [-0.39, 0.29) is 18.6 Å². The summed E-state index contributed by atoms with van der Waals surface area (Å²) in [6.07, 6.45) is 2.36. The van der Waals surface area contributed by atoms with Gasteiger partial charge in [0.15, 0.2) is 0 Å². The fourth-order valence-electron chi connectivity index (χ4n) is 2.09. The number of β-amino-alcohol motifs (C(OH)–C–C–N with tert-alkyl or cyclic N) is 1. The Hall–Kier alpha value is -0.650. The summed E-state index contributed by atoms with van der Waals surface area (Å²) in [6.45, 7) is 1.23. The predicted molar refractivity (Wildman–Crippen MR) is 61.0 cm³/mol. The molecule has 1 rings (SSSR count). The number of aliphatic hydroxyl groups excluding tert-OH is 2. The first kappa shape index (κ1) is 13.4. The number of unbranched alkanes of at least 4 members (excludes halogenated alkanes) is 1. The van der Waals surface area contributed by atoms with Crippen molar-refractivity contribution in [1.29, 1.82) is 0 Å². The minimum Gasteiger partial charge on any atom is -0.394 e. The number of amides is 1. The molecule has 1 heterocycles. The summed E-state index contributed by atoms with van der Waals surface area (Å²) in [4.78, 5) is 13.4. The molecule has 0 aromatic rings. The summed E-state index contributed by atoms with van der Waals surface area (Å²) in [7, 11) is 1.89. The maximum absolute atomic E-state index is 11.8. The zero-order valence-corrected chi connectivity index (χ0v) is 9.85. The Kier molecular flexibility index (Phi) is 5.73. The molecule has 1 fully saturated rings. The van der Waals surface area contributed by atoms with Crippen LogP contribution in [0.4, 0.5) is 0 Å². The van der Waals surface area contributed by atoms with Crippen molar-refractivity contribution >= 4 is 5.91 Å². The van der Waals surface area contributed by atoms with Crippen LogP contribution in [0.25, 0.3) is 0 Å². The number of carbonyl (C=O) groups excluding carboxylic acids is 1. The van der Waals surface area contributed by atoms with Crippen LogP contribution in [0.2, 0.25) is 0 Å². The second kappa shape index (κ2) is 6.83. The van der Waals surface area contributed by atoms with Crippen LogP contribution in [0, 0.1) is 0 Å². The lowest BCUT2D eigenvalue weighted by atomic mass is 10.2. The highest BCUT2D eigenvalue weighted by atomic mass is 16.3. The topological polar surface area (TPSA) is 72.8 Å². The van der Waals surface area contributed by atoms with Gasteiger partial charge >= 0.3 is 0 Å². The van der Waals surface area contributed by atoms with Crippen LogP contribution in [-0.4, -0.2) is 59.9 Å². The first-order chi connectivity index (χ1) is 7.69. The third-order valence-electron chi connectivity index (χ3n) is 2.99. The average Bonchev–Trinajstić information content (AvgIpc) is 2.65. The monoisotopic (exact) mass is 230 g/mol. The number of aliphatic hydroxyl groups is 2. The summed E-state index contributed by atoms with van der Waals surface area (Å²) in [5.74, 6) is 0.0479. The summed E-state index contributed by atoms with van der Waals surface area (Å²) >= 11 is 0. The molecule has 0 aromatic carbocycles. The zero-order valence-electron chi connectivity index (χ0n) is 9.85. The molecule has 0 unspecified atom stereocenters. The van der Waals surface area contributed by atoms with E-state index in [0.29, 0.717) is 19.4 Å². The molecule has 0 aromatic heterocycles. The van der Waals surface area contributed by atoms with E-state index < -0.39 is 6.10 Å². The molecule has 1 saturated heterocycles. The van der Waals surface area contributed by atoms with E-state index in [2.05, 4.69) is 5.32 Å². The van der Waals surface area contributed by atoms with E-state index >= 15 is 0 Å². The summed E-state index contributed by atoms with van der Waals surface area (Å²) in [5.41, 5.74) is 0. The van der Waals surface area contributed by atoms with Gasteiger partial charge in [-0.15, -0.1) is 0 Å². The first-order valence-corrected chi connectivity index (χ1v) is 5.92. The van der Waals surface area contributed by atoms with Crippen LogP contribution in [0.5, 0.6) is 0 Å². The second-order valence-electron chi connectivity index (χ2n) is 4.33. The summed E-state index contributed by atoms with van der Waals surface area (Å²) < 4.78 is 0. The van der Waals surface area contributed by atoms with Gasteiger partial charge in [-0.25, -0.2) is 0 Å². The van der Waals surface area contributed by atoms with Crippen molar-refractivity contribution in [2.24, 2.45) is 0 Å². The van der Waals surface area contributed by atoms with Gasteiger partial charge in [0, 0.05) is 13.0 Å². The largest absolute Gasteiger partial charge is 0.394 e. The van der Waals surface area contributed by atoms with Gasteiger partial charge in [-0.2, -0.15) is 0 Å². The molecule has 3 N–H and O–H groups in total. The van der Waals surface area contributed by atoms with Crippen molar-refractivity contribution in [2.75, 3.05) is 26.7 Å². The minimum atomic E-state index is -0.474. The molecular formula is C11H22N2O3. The molecular weight excluding hydrogens is 208 g/mol. The number of hydrogen-bond acceptors (Lipinski definition) is 4. The fraction of sp³-hybridized carbons (Fsp3) is 0.909. The molecule has 1 aliphatic heterocycles. The van der Waals surface area contributed by atoms with Crippen LogP contribution in [-0.2, 0) is 4.79 Å². The summed E-state index contributed by atoms with van der Waals surface area (Å²) in [5, 5.41) is 21.6. The predicted octanol–water partition coefficient (Wildman–Crippen LogP) is -0.670. The molecule has 1 aliphatic rings. The molecule has 5 heteroatoms. The van der Waals surface area contributed by atoms with E-state index in [1.54, 1.807) is 4.90 Å². The van der Waals surface area contributed by atoms with Gasteiger partial charge in [-0.05, 0) is 32.9 Å². The van der Waals surface area contributed by atoms with Crippen molar-refractivity contribution in [3.8, 4) is 0 Å². The SMILES string of the molecule is CNCCCCC(=O)N1C[C@H](O)C[C@H]1CO. The van der Waals surface area contributed by atoms with Gasteiger partial charge in [0.05, 0.1) is 18.8 Å². The molecule has 0 aliphatic carbocycles. The van der Waals surface area contributed by atoms with Gasteiger partial charge in [0.2, 0.25) is 5.91 Å². The summed E-state index contributed by atoms with van der Waals surface area (Å²) in [6, 6.07) is -0.188. The Morgan fingerprint density at radius 1 is 1.50 bits per heavy atom. The third-order valence-corrected chi connectivity index (χ3v) is 2.99. The Balaban J connectivity index is 2.29. The highest BCUT2D eigenvalue weighted by molar-refractivity contribution is 5.76. The van der Waals surface area contributed by atoms with Crippen molar-refractivity contribution in [3.63, 3.8) is 0 Å². The third kappa shape index (κ3) is 3.73. The highest BCUT2D eigenvalue weighted by Gasteiger charge is 2.33. The van der Waals surface area contributed by atoms with Crippen molar-refractivity contribution in [1.82, 2.24) is 10.2 Å². The second-order valence-corrected chi connectivity index (χ2v) is 4.33. The van der Waals surface area contributed by atoms with Crippen LogP contribution in [0.3, 0.4) is 0 Å². The van der Waals surface area contributed by atoms with Crippen LogP contribution in [0.1, 0.15) is 25.7 Å². The van der Waals surface area contributed by atoms with E-state index in [1.165, 1.54) is 0 Å². The maximum Gasteiger partial charge on any atom is 0.222 e. The number of nitrogens with zero attached hydrogens (tertiary/aromatic N) is 1. The molecule has 0 spiro atoms. The number of nitrogens with one attached hydrogen (secondary N) is 1. The number of rotatable bonds is 6. The smallest absolute Gasteiger partial charge is 0.222 e. The Labute approximate surface area is 96.4 Å². The van der Waals surface area contributed by atoms with Gasteiger partial charge in [-0.1, -0.05) is 0 Å². The molecule has 0 saturated carbocycles. The molecule has 1 amide bonds. The average molecular weight is 230 g/mol. The molecule has 0 bridgehead atoms. The Bertz CT molecular complexity index is 223. The first-order valence-electron chi connectivity index (χ1n) is 5.92. The van der Waals surface area contributed by atoms with Crippen molar-refractivity contribution in [2.45, 2.75) is 37.8 Å². The Morgan fingerprint density at radius 2 is 2.25 bits per heavy atom. The molecule has 16 heavy (non-hydrogen) atoms. The van der Waals surface area contributed by atoms with Crippen LogP contribution in [0.15, 0.2) is 0 Å². The molecule has 2 atom stereocenters. The Morgan fingerprint density at radius 3 is 2.88 bits per heavy atom. The minimum absolute atomic E-state index is 0.0479. The van der Waals surface area contributed by atoms with Crippen LogP contribution < -0.4 is 5.32 Å².